The molecule has 1 aromatic carbocycles. The Hall–Kier alpha value is -1.60. The molecule has 1 aliphatic rings. The first kappa shape index (κ1) is 17.7. The molecule has 1 aliphatic heterocycles. The van der Waals surface area contributed by atoms with Crippen molar-refractivity contribution in [1.29, 1.82) is 0 Å². The van der Waals surface area contributed by atoms with Crippen LogP contribution in [0.25, 0.3) is 0 Å². The number of hydrogen-bond acceptors (Lipinski definition) is 4. The van der Waals surface area contributed by atoms with Crippen LogP contribution in [0.1, 0.15) is 26.7 Å². The Morgan fingerprint density at radius 2 is 2.09 bits per heavy atom. The van der Waals surface area contributed by atoms with Crippen molar-refractivity contribution < 1.29 is 17.9 Å². The summed E-state index contributed by atoms with van der Waals surface area (Å²) in [6.45, 7) is 4.02. The van der Waals surface area contributed by atoms with Crippen LogP contribution in [0.5, 0.6) is 5.75 Å². The molecule has 0 spiro atoms. The van der Waals surface area contributed by atoms with Gasteiger partial charge in [0, 0.05) is 24.3 Å². The highest BCUT2D eigenvalue weighted by atomic mass is 32.2. The number of unbranched alkanes of at least 4 members (excludes halogenated alkanes) is 1. The molecule has 0 aromatic heterocycles. The number of anilines is 1. The number of carbonyl (C=O) groups excluding carboxylic acids is 1. The van der Waals surface area contributed by atoms with E-state index in [1.54, 1.807) is 18.1 Å². The maximum atomic E-state index is 12.4. The molecule has 1 fully saturated rings. The van der Waals surface area contributed by atoms with Crippen molar-refractivity contribution in [2.75, 3.05) is 30.9 Å². The third kappa shape index (κ3) is 4.03. The maximum absolute atomic E-state index is 12.4. The van der Waals surface area contributed by atoms with E-state index in [0.717, 1.165) is 12.1 Å². The Morgan fingerprint density at radius 1 is 1.35 bits per heavy atom. The second kappa shape index (κ2) is 7.31. The highest BCUT2D eigenvalue weighted by molar-refractivity contribution is 7.89. The molecule has 1 amide bonds. The molecule has 0 bridgehead atoms. The third-order valence-electron chi connectivity index (χ3n) is 4.01. The number of methoxy groups -OCH3 is 1. The molecule has 2 rings (SSSR count). The SMILES string of the molecule is CCCCS(=O)(=O)N1CC(=O)N(c2cccc(OC)c2)C[C@@H]1C. The summed E-state index contributed by atoms with van der Waals surface area (Å²) in [5, 5.41) is 0. The highest BCUT2D eigenvalue weighted by Gasteiger charge is 2.36. The van der Waals surface area contributed by atoms with Crippen molar-refractivity contribution in [2.45, 2.75) is 32.7 Å². The first-order valence-corrected chi connectivity index (χ1v) is 9.44. The van der Waals surface area contributed by atoms with Crippen LogP contribution in [-0.2, 0) is 14.8 Å². The van der Waals surface area contributed by atoms with Gasteiger partial charge in [0.2, 0.25) is 15.9 Å². The van der Waals surface area contributed by atoms with Crippen LogP contribution in [0.15, 0.2) is 24.3 Å². The standard InChI is InChI=1S/C16H24N2O4S/c1-4-5-9-23(20,21)18-12-16(19)17(11-13(18)2)14-7-6-8-15(10-14)22-3/h6-8,10,13H,4-5,9,11-12H2,1-3H3/t13-/m0/s1. The summed E-state index contributed by atoms with van der Waals surface area (Å²) >= 11 is 0. The minimum atomic E-state index is -3.38. The average Bonchev–Trinajstić information content (AvgIpc) is 2.54. The largest absolute Gasteiger partial charge is 0.497 e. The predicted octanol–water partition coefficient (Wildman–Crippen LogP) is 1.86. The van der Waals surface area contributed by atoms with E-state index < -0.39 is 10.0 Å². The average molecular weight is 340 g/mol. The number of ether oxygens (including phenoxy) is 1. The molecule has 1 saturated heterocycles. The van der Waals surface area contributed by atoms with E-state index in [0.29, 0.717) is 18.7 Å². The minimum absolute atomic E-state index is 0.0975. The first-order valence-electron chi connectivity index (χ1n) is 7.83. The molecule has 0 radical (unpaired) electrons. The van der Waals surface area contributed by atoms with Gasteiger partial charge in [-0.3, -0.25) is 4.79 Å². The number of piperazine rings is 1. The maximum Gasteiger partial charge on any atom is 0.242 e. The van der Waals surface area contributed by atoms with Gasteiger partial charge in [-0.1, -0.05) is 19.4 Å². The second-order valence-electron chi connectivity index (χ2n) is 5.77. The summed E-state index contributed by atoms with van der Waals surface area (Å²) in [6.07, 6.45) is 1.42. The number of hydrogen-bond donors (Lipinski definition) is 0. The number of sulfonamides is 1. The lowest BCUT2D eigenvalue weighted by atomic mass is 10.2. The van der Waals surface area contributed by atoms with Crippen molar-refractivity contribution in [1.82, 2.24) is 4.31 Å². The van der Waals surface area contributed by atoms with Crippen molar-refractivity contribution in [2.24, 2.45) is 0 Å². The van der Waals surface area contributed by atoms with Gasteiger partial charge in [0.25, 0.3) is 0 Å². The van der Waals surface area contributed by atoms with Gasteiger partial charge in [-0.25, -0.2) is 8.42 Å². The highest BCUT2D eigenvalue weighted by Crippen LogP contribution is 2.25. The van der Waals surface area contributed by atoms with E-state index in [1.807, 2.05) is 32.0 Å². The van der Waals surface area contributed by atoms with Crippen LogP contribution in [0, 0.1) is 0 Å². The third-order valence-corrected chi connectivity index (χ3v) is 6.02. The van der Waals surface area contributed by atoms with Crippen LogP contribution in [0.3, 0.4) is 0 Å². The van der Waals surface area contributed by atoms with Gasteiger partial charge in [-0.15, -0.1) is 0 Å². The Bertz CT molecular complexity index is 660. The molecular weight excluding hydrogens is 316 g/mol. The molecule has 0 saturated carbocycles. The number of nitrogens with zero attached hydrogens (tertiary/aromatic N) is 2. The smallest absolute Gasteiger partial charge is 0.242 e. The first-order chi connectivity index (χ1) is 10.9. The van der Waals surface area contributed by atoms with Gasteiger partial charge in [0.05, 0.1) is 19.4 Å². The van der Waals surface area contributed by atoms with Gasteiger partial charge >= 0.3 is 0 Å². The van der Waals surface area contributed by atoms with Crippen LogP contribution in [0.2, 0.25) is 0 Å². The van der Waals surface area contributed by atoms with E-state index in [-0.39, 0.29) is 24.2 Å². The molecule has 0 aliphatic carbocycles. The topological polar surface area (TPSA) is 66.9 Å². The lowest BCUT2D eigenvalue weighted by molar-refractivity contribution is -0.120. The lowest BCUT2D eigenvalue weighted by Crippen LogP contribution is -2.57. The molecule has 1 aromatic rings. The summed E-state index contributed by atoms with van der Waals surface area (Å²) in [6, 6.07) is 6.99. The predicted molar refractivity (Wildman–Crippen MR) is 90.2 cm³/mol. The number of rotatable bonds is 6. The lowest BCUT2D eigenvalue weighted by Gasteiger charge is -2.38. The summed E-state index contributed by atoms with van der Waals surface area (Å²) in [4.78, 5) is 14.1. The molecular formula is C16H24N2O4S. The fourth-order valence-corrected chi connectivity index (χ4v) is 4.49. The molecule has 6 nitrogen and oxygen atoms in total. The molecule has 0 unspecified atom stereocenters. The fourth-order valence-electron chi connectivity index (χ4n) is 2.68. The second-order valence-corrected chi connectivity index (χ2v) is 7.81. The van der Waals surface area contributed by atoms with Gasteiger partial charge in [-0.05, 0) is 25.5 Å². The molecule has 0 N–H and O–H groups in total. The van der Waals surface area contributed by atoms with Crippen LogP contribution >= 0.6 is 0 Å². The molecule has 7 heteroatoms. The number of carbonyl (C=O) groups is 1. The van der Waals surface area contributed by atoms with Crippen molar-refractivity contribution >= 4 is 21.6 Å². The Balaban J connectivity index is 2.17. The van der Waals surface area contributed by atoms with E-state index in [4.69, 9.17) is 4.74 Å². The van der Waals surface area contributed by atoms with E-state index in [2.05, 4.69) is 0 Å². The van der Waals surface area contributed by atoms with E-state index >= 15 is 0 Å². The fraction of sp³-hybridized carbons (Fsp3) is 0.562. The zero-order chi connectivity index (χ0) is 17.0. The van der Waals surface area contributed by atoms with Crippen LogP contribution in [0.4, 0.5) is 5.69 Å². The normalized spacial score (nSPS) is 19.9. The molecule has 23 heavy (non-hydrogen) atoms. The molecule has 128 valence electrons. The van der Waals surface area contributed by atoms with Gasteiger partial charge in [-0.2, -0.15) is 4.31 Å². The Kier molecular flexibility index (Phi) is 5.64. The van der Waals surface area contributed by atoms with E-state index in [1.165, 1.54) is 4.31 Å². The zero-order valence-corrected chi connectivity index (χ0v) is 14.7. The quantitative estimate of drug-likeness (QED) is 0.793. The number of amides is 1. The van der Waals surface area contributed by atoms with Crippen molar-refractivity contribution in [3.63, 3.8) is 0 Å². The van der Waals surface area contributed by atoms with Crippen LogP contribution < -0.4 is 9.64 Å². The number of benzene rings is 1. The minimum Gasteiger partial charge on any atom is -0.497 e. The summed E-state index contributed by atoms with van der Waals surface area (Å²) in [5.41, 5.74) is 0.729. The van der Waals surface area contributed by atoms with Gasteiger partial charge in [0.15, 0.2) is 0 Å². The summed E-state index contributed by atoms with van der Waals surface area (Å²) in [7, 11) is -1.81. The Morgan fingerprint density at radius 3 is 2.74 bits per heavy atom. The molecule has 1 heterocycles. The van der Waals surface area contributed by atoms with Gasteiger partial charge < -0.3 is 9.64 Å². The summed E-state index contributed by atoms with van der Waals surface area (Å²) < 4.78 is 31.3. The van der Waals surface area contributed by atoms with E-state index in [9.17, 15) is 13.2 Å². The monoisotopic (exact) mass is 340 g/mol. The summed E-state index contributed by atoms with van der Waals surface area (Å²) in [5.74, 6) is 0.553. The van der Waals surface area contributed by atoms with Gasteiger partial charge in [0.1, 0.15) is 5.75 Å². The molecule has 1 atom stereocenters. The van der Waals surface area contributed by atoms with Crippen molar-refractivity contribution in [3.05, 3.63) is 24.3 Å². The zero-order valence-electron chi connectivity index (χ0n) is 13.9. The van der Waals surface area contributed by atoms with Crippen molar-refractivity contribution in [3.8, 4) is 5.75 Å². The Labute approximate surface area is 138 Å². The van der Waals surface area contributed by atoms with Crippen LogP contribution in [-0.4, -0.2) is 50.6 Å².